The predicted molar refractivity (Wildman–Crippen MR) is 61.0 cm³/mol. The molecule has 1 aromatic heterocycles. The van der Waals surface area contributed by atoms with Crippen molar-refractivity contribution in [2.75, 3.05) is 18.2 Å². The molecule has 1 rings (SSSR count). The Bertz CT molecular complexity index is 311. The predicted octanol–water partition coefficient (Wildman–Crippen LogP) is 2.11. The van der Waals surface area contributed by atoms with Crippen LogP contribution in [0.3, 0.4) is 0 Å². The number of hydrogen-bond donors (Lipinski definition) is 2. The molecule has 1 unspecified atom stereocenters. The lowest BCUT2D eigenvalue weighted by Gasteiger charge is -2.11. The smallest absolute Gasteiger partial charge is 0.197 e. The molecule has 0 amide bonds. The highest BCUT2D eigenvalue weighted by atomic mass is 32.1. The minimum atomic E-state index is 0.307. The van der Waals surface area contributed by atoms with E-state index in [1.165, 1.54) is 11.5 Å². The lowest BCUT2D eigenvalue weighted by Crippen LogP contribution is -2.13. The van der Waals surface area contributed by atoms with Gasteiger partial charge in [0.2, 0.25) is 0 Å². The van der Waals surface area contributed by atoms with Crippen molar-refractivity contribution in [1.29, 1.82) is 0 Å². The summed E-state index contributed by atoms with van der Waals surface area (Å²) in [5.74, 6) is 1.07. The van der Waals surface area contributed by atoms with Crippen molar-refractivity contribution in [3.63, 3.8) is 0 Å². The van der Waals surface area contributed by atoms with Crippen molar-refractivity contribution in [1.82, 2.24) is 4.37 Å². The van der Waals surface area contributed by atoms with Crippen LogP contribution < -0.4 is 15.8 Å². The molecular formula is C9H15N3OS. The van der Waals surface area contributed by atoms with Gasteiger partial charge in [0.1, 0.15) is 0 Å². The third-order valence-electron chi connectivity index (χ3n) is 1.78. The number of nitrogens with one attached hydrogen (secondary N) is 1. The zero-order valence-electron chi connectivity index (χ0n) is 8.41. The second-order valence-electron chi connectivity index (χ2n) is 3.00. The minimum absolute atomic E-state index is 0.307. The number of hydrogen-bond acceptors (Lipinski definition) is 5. The molecule has 0 aliphatic carbocycles. The van der Waals surface area contributed by atoms with Gasteiger partial charge in [0.05, 0.1) is 7.11 Å². The summed E-state index contributed by atoms with van der Waals surface area (Å²) >= 11 is 1.31. The van der Waals surface area contributed by atoms with Crippen LogP contribution in [0.1, 0.15) is 13.3 Å². The van der Waals surface area contributed by atoms with Crippen molar-refractivity contribution >= 4 is 22.4 Å². The summed E-state index contributed by atoms with van der Waals surface area (Å²) < 4.78 is 9.14. The summed E-state index contributed by atoms with van der Waals surface area (Å²) in [5.41, 5.74) is 5.62. The summed E-state index contributed by atoms with van der Waals surface area (Å²) in [6, 6.07) is 0.307. The van der Waals surface area contributed by atoms with Gasteiger partial charge in [0.15, 0.2) is 16.6 Å². The largest absolute Gasteiger partial charge is 0.490 e. The molecule has 4 nitrogen and oxygen atoms in total. The van der Waals surface area contributed by atoms with Gasteiger partial charge in [-0.2, -0.15) is 4.37 Å². The number of ether oxygens (including phenoxy) is 1. The summed E-state index contributed by atoms with van der Waals surface area (Å²) in [4.78, 5) is 0. The van der Waals surface area contributed by atoms with E-state index in [0.717, 1.165) is 11.4 Å². The molecule has 0 saturated carbocycles. The van der Waals surface area contributed by atoms with E-state index in [0.29, 0.717) is 17.6 Å². The first kappa shape index (κ1) is 10.8. The maximum absolute atomic E-state index is 5.62. The van der Waals surface area contributed by atoms with E-state index >= 15 is 0 Å². The zero-order chi connectivity index (χ0) is 10.6. The lowest BCUT2D eigenvalue weighted by atomic mass is 10.2. The molecule has 0 spiro atoms. The molecular weight excluding hydrogens is 198 g/mol. The van der Waals surface area contributed by atoms with E-state index in [1.54, 1.807) is 7.11 Å². The highest BCUT2D eigenvalue weighted by molar-refractivity contribution is 7.11. The van der Waals surface area contributed by atoms with Crippen LogP contribution >= 0.6 is 11.5 Å². The van der Waals surface area contributed by atoms with Gasteiger partial charge < -0.3 is 15.8 Å². The van der Waals surface area contributed by atoms with Crippen LogP contribution in [-0.4, -0.2) is 17.5 Å². The van der Waals surface area contributed by atoms with E-state index in [4.69, 9.17) is 10.5 Å². The lowest BCUT2D eigenvalue weighted by molar-refractivity contribution is 0.419. The first-order chi connectivity index (χ1) is 6.69. The highest BCUT2D eigenvalue weighted by Crippen LogP contribution is 2.35. The van der Waals surface area contributed by atoms with Gasteiger partial charge in [-0.05, 0) is 24.9 Å². The van der Waals surface area contributed by atoms with Crippen molar-refractivity contribution in [2.45, 2.75) is 19.4 Å². The molecule has 1 atom stereocenters. The monoisotopic (exact) mass is 213 g/mol. The topological polar surface area (TPSA) is 60.2 Å². The van der Waals surface area contributed by atoms with Crippen molar-refractivity contribution in [3.8, 4) is 5.75 Å². The van der Waals surface area contributed by atoms with Crippen LogP contribution in [0.25, 0.3) is 0 Å². The molecule has 1 heterocycles. The molecule has 0 aliphatic rings. The average molecular weight is 213 g/mol. The number of nitrogen functional groups attached to an aromatic ring is 1. The van der Waals surface area contributed by atoms with E-state index in [-0.39, 0.29) is 0 Å². The maximum Gasteiger partial charge on any atom is 0.197 e. The Labute approximate surface area is 87.9 Å². The van der Waals surface area contributed by atoms with Crippen LogP contribution in [0.15, 0.2) is 12.7 Å². The second kappa shape index (κ2) is 4.85. The molecule has 1 aromatic rings. The van der Waals surface area contributed by atoms with Crippen molar-refractivity contribution in [3.05, 3.63) is 12.7 Å². The molecule has 0 saturated heterocycles. The van der Waals surface area contributed by atoms with E-state index in [2.05, 4.69) is 23.2 Å². The van der Waals surface area contributed by atoms with Gasteiger partial charge in [-0.25, -0.2) is 0 Å². The number of rotatable bonds is 5. The van der Waals surface area contributed by atoms with Crippen LogP contribution in [0.2, 0.25) is 0 Å². The van der Waals surface area contributed by atoms with Crippen LogP contribution in [0.4, 0.5) is 10.8 Å². The Morgan fingerprint density at radius 1 is 1.79 bits per heavy atom. The number of nitrogens with two attached hydrogens (primary N) is 1. The first-order valence-electron chi connectivity index (χ1n) is 4.35. The first-order valence-corrected chi connectivity index (χ1v) is 5.13. The number of aromatic nitrogens is 1. The molecule has 0 fully saturated rings. The normalized spacial score (nSPS) is 12.1. The fraction of sp³-hybridized carbons (Fsp3) is 0.444. The van der Waals surface area contributed by atoms with Crippen LogP contribution in [-0.2, 0) is 0 Å². The van der Waals surface area contributed by atoms with E-state index < -0.39 is 0 Å². The highest BCUT2D eigenvalue weighted by Gasteiger charge is 2.12. The maximum atomic E-state index is 5.62. The zero-order valence-corrected chi connectivity index (χ0v) is 9.23. The van der Waals surface area contributed by atoms with Crippen molar-refractivity contribution in [2.24, 2.45) is 0 Å². The molecule has 3 N–H and O–H groups in total. The van der Waals surface area contributed by atoms with Gasteiger partial charge in [-0.3, -0.25) is 0 Å². The fourth-order valence-corrected chi connectivity index (χ4v) is 1.91. The Morgan fingerprint density at radius 3 is 3.07 bits per heavy atom. The quantitative estimate of drug-likeness (QED) is 0.735. The molecule has 0 radical (unpaired) electrons. The van der Waals surface area contributed by atoms with Gasteiger partial charge in [0.25, 0.3) is 0 Å². The summed E-state index contributed by atoms with van der Waals surface area (Å²) in [5, 5.41) is 4.14. The Morgan fingerprint density at radius 2 is 2.50 bits per heavy atom. The van der Waals surface area contributed by atoms with Crippen molar-refractivity contribution < 1.29 is 4.74 Å². The molecule has 78 valence electrons. The fourth-order valence-electron chi connectivity index (χ4n) is 1.12. The summed E-state index contributed by atoms with van der Waals surface area (Å²) in [7, 11) is 1.59. The Balaban J connectivity index is 2.70. The van der Waals surface area contributed by atoms with Gasteiger partial charge in [0, 0.05) is 6.04 Å². The molecule has 0 aliphatic heterocycles. The van der Waals surface area contributed by atoms with Crippen LogP contribution in [0.5, 0.6) is 5.75 Å². The Hall–Kier alpha value is -1.23. The van der Waals surface area contributed by atoms with E-state index in [9.17, 15) is 0 Å². The average Bonchev–Trinajstić information content (AvgIpc) is 2.47. The molecule has 0 aromatic carbocycles. The van der Waals surface area contributed by atoms with Gasteiger partial charge in [-0.1, -0.05) is 6.08 Å². The number of methoxy groups -OCH3 is 1. The number of anilines is 2. The molecule has 0 bridgehead atoms. The third-order valence-corrected chi connectivity index (χ3v) is 2.55. The third kappa shape index (κ3) is 2.38. The van der Waals surface area contributed by atoms with Gasteiger partial charge in [-0.15, -0.1) is 6.58 Å². The summed E-state index contributed by atoms with van der Waals surface area (Å²) in [6.07, 6.45) is 2.76. The molecule has 14 heavy (non-hydrogen) atoms. The standard InChI is InChI=1S/C9H15N3OS/c1-4-5-6(2)11-9-7(13-3)8(10)12-14-9/h4,6,11H,1,5H2,2-3H3,(H2,10,12). The Kier molecular flexibility index (Phi) is 3.76. The number of nitrogens with zero attached hydrogens (tertiary/aromatic N) is 1. The molecule has 5 heteroatoms. The minimum Gasteiger partial charge on any atom is -0.490 e. The SMILES string of the molecule is C=CCC(C)Nc1snc(N)c1OC. The second-order valence-corrected chi connectivity index (χ2v) is 3.77. The van der Waals surface area contributed by atoms with Crippen LogP contribution in [0, 0.1) is 0 Å². The summed E-state index contributed by atoms with van der Waals surface area (Å²) in [6.45, 7) is 5.75. The van der Waals surface area contributed by atoms with Gasteiger partial charge >= 0.3 is 0 Å². The van der Waals surface area contributed by atoms with E-state index in [1.807, 2.05) is 6.08 Å².